The third-order valence-electron chi connectivity index (χ3n) is 3.39. The van der Waals surface area contributed by atoms with Crippen molar-refractivity contribution in [3.8, 4) is 11.1 Å². The highest BCUT2D eigenvalue weighted by atomic mass is 19.3. The molecule has 1 unspecified atom stereocenters. The Morgan fingerprint density at radius 1 is 1.38 bits per heavy atom. The minimum Gasteiger partial charge on any atom is -0.454 e. The van der Waals surface area contributed by atoms with E-state index in [1.807, 2.05) is 12.1 Å². The molecule has 1 atom stereocenters. The standard InChI is InChI=1S/C15H12F2N2O2/c1-9-6-13(21-14(9)20)12-5-3-2-4-11(12)10-7-18-19(8-10)15(16)17/h2-5,7-8,13,15H,1,6H2. The molecule has 0 amide bonds. The van der Waals surface area contributed by atoms with Crippen LogP contribution in [-0.4, -0.2) is 15.7 Å². The van der Waals surface area contributed by atoms with Crippen LogP contribution in [0.1, 0.15) is 24.6 Å². The first-order chi connectivity index (χ1) is 10.1. The summed E-state index contributed by atoms with van der Waals surface area (Å²) in [4.78, 5) is 11.5. The number of rotatable bonds is 3. The van der Waals surface area contributed by atoms with Crippen molar-refractivity contribution >= 4 is 5.97 Å². The monoisotopic (exact) mass is 290 g/mol. The molecule has 1 saturated heterocycles. The summed E-state index contributed by atoms with van der Waals surface area (Å²) >= 11 is 0. The van der Waals surface area contributed by atoms with Gasteiger partial charge < -0.3 is 4.74 Å². The first kappa shape index (κ1) is 13.5. The third kappa shape index (κ3) is 2.44. The van der Waals surface area contributed by atoms with Crippen molar-refractivity contribution in [3.05, 3.63) is 54.4 Å². The Kier molecular flexibility index (Phi) is 3.29. The smallest absolute Gasteiger partial charge is 0.334 e. The van der Waals surface area contributed by atoms with Crippen LogP contribution in [0, 0.1) is 0 Å². The maximum Gasteiger partial charge on any atom is 0.334 e. The van der Waals surface area contributed by atoms with Gasteiger partial charge in [-0.25, -0.2) is 9.48 Å². The zero-order chi connectivity index (χ0) is 15.0. The van der Waals surface area contributed by atoms with E-state index in [1.54, 1.807) is 12.1 Å². The van der Waals surface area contributed by atoms with E-state index in [-0.39, 0.29) is 0 Å². The van der Waals surface area contributed by atoms with E-state index in [2.05, 4.69) is 11.7 Å². The van der Waals surface area contributed by atoms with E-state index in [1.165, 1.54) is 12.4 Å². The van der Waals surface area contributed by atoms with Crippen LogP contribution in [0.3, 0.4) is 0 Å². The van der Waals surface area contributed by atoms with Crippen molar-refractivity contribution in [1.82, 2.24) is 9.78 Å². The second-order valence-corrected chi connectivity index (χ2v) is 4.78. The van der Waals surface area contributed by atoms with E-state index in [4.69, 9.17) is 4.74 Å². The highest BCUT2D eigenvalue weighted by Crippen LogP contribution is 2.37. The normalized spacial score (nSPS) is 18.3. The number of halogens is 2. The average molecular weight is 290 g/mol. The van der Waals surface area contributed by atoms with Gasteiger partial charge in [0.05, 0.1) is 6.20 Å². The van der Waals surface area contributed by atoms with Gasteiger partial charge in [-0.1, -0.05) is 30.8 Å². The number of esters is 1. The van der Waals surface area contributed by atoms with Gasteiger partial charge in [-0.05, 0) is 5.56 Å². The van der Waals surface area contributed by atoms with Crippen LogP contribution in [0.2, 0.25) is 0 Å². The van der Waals surface area contributed by atoms with Crippen molar-refractivity contribution < 1.29 is 18.3 Å². The zero-order valence-electron chi connectivity index (χ0n) is 11.0. The van der Waals surface area contributed by atoms with Gasteiger partial charge in [0.2, 0.25) is 0 Å². The second-order valence-electron chi connectivity index (χ2n) is 4.78. The molecule has 0 spiro atoms. The summed E-state index contributed by atoms with van der Waals surface area (Å²) in [6, 6.07) is 7.21. The lowest BCUT2D eigenvalue weighted by Gasteiger charge is -2.13. The number of hydrogen-bond acceptors (Lipinski definition) is 3. The van der Waals surface area contributed by atoms with E-state index < -0.39 is 18.6 Å². The molecule has 0 N–H and O–H groups in total. The summed E-state index contributed by atoms with van der Waals surface area (Å²) in [5, 5.41) is 3.63. The third-order valence-corrected chi connectivity index (χ3v) is 3.39. The average Bonchev–Trinajstić information content (AvgIpc) is 3.07. The molecule has 1 aliphatic rings. The molecule has 1 aromatic heterocycles. The number of cyclic esters (lactones) is 1. The summed E-state index contributed by atoms with van der Waals surface area (Å²) < 4.78 is 31.1. The molecule has 108 valence electrons. The van der Waals surface area contributed by atoms with E-state index in [9.17, 15) is 13.6 Å². The molecule has 0 aliphatic carbocycles. The lowest BCUT2D eigenvalue weighted by atomic mass is 9.96. The largest absolute Gasteiger partial charge is 0.454 e. The van der Waals surface area contributed by atoms with E-state index in [0.717, 1.165) is 11.1 Å². The molecule has 0 saturated carbocycles. The van der Waals surface area contributed by atoms with Crippen molar-refractivity contribution in [1.29, 1.82) is 0 Å². The molecular formula is C15H12F2N2O2. The lowest BCUT2D eigenvalue weighted by Crippen LogP contribution is -2.00. The minimum atomic E-state index is -2.69. The molecule has 1 fully saturated rings. The molecule has 0 radical (unpaired) electrons. The van der Waals surface area contributed by atoms with Gasteiger partial charge in [0.15, 0.2) is 0 Å². The molecule has 2 aromatic rings. The second kappa shape index (κ2) is 5.12. The van der Waals surface area contributed by atoms with Crippen molar-refractivity contribution in [2.24, 2.45) is 0 Å². The predicted molar refractivity (Wildman–Crippen MR) is 71.5 cm³/mol. The number of ether oxygens (including phenoxy) is 1. The van der Waals surface area contributed by atoms with Crippen molar-refractivity contribution in [2.75, 3.05) is 0 Å². The van der Waals surface area contributed by atoms with Crippen molar-refractivity contribution in [2.45, 2.75) is 19.1 Å². The summed E-state index contributed by atoms with van der Waals surface area (Å²) in [5.41, 5.74) is 2.45. The maximum absolute atomic E-state index is 12.6. The van der Waals surface area contributed by atoms with Crippen LogP contribution < -0.4 is 0 Å². The first-order valence-corrected chi connectivity index (χ1v) is 6.36. The fraction of sp³-hybridized carbons (Fsp3) is 0.200. The van der Waals surface area contributed by atoms with Crippen LogP contribution in [0.15, 0.2) is 48.8 Å². The number of aromatic nitrogens is 2. The molecule has 1 aromatic carbocycles. The van der Waals surface area contributed by atoms with Gasteiger partial charge in [0.25, 0.3) is 0 Å². The molecule has 1 aliphatic heterocycles. The number of carbonyl (C=O) groups excluding carboxylic acids is 1. The number of nitrogens with zero attached hydrogens (tertiary/aromatic N) is 2. The summed E-state index contributed by atoms with van der Waals surface area (Å²) in [7, 11) is 0. The molecule has 6 heteroatoms. The maximum atomic E-state index is 12.6. The number of benzene rings is 1. The number of alkyl halides is 2. The Labute approximate surface area is 119 Å². The SMILES string of the molecule is C=C1CC(c2ccccc2-c2cnn(C(F)F)c2)OC1=O. The van der Waals surface area contributed by atoms with Gasteiger partial charge in [-0.2, -0.15) is 13.9 Å². The quantitative estimate of drug-likeness (QED) is 0.642. The molecule has 21 heavy (non-hydrogen) atoms. The zero-order valence-corrected chi connectivity index (χ0v) is 11.0. The predicted octanol–water partition coefficient (Wildman–Crippen LogP) is 3.49. The molecular weight excluding hydrogens is 278 g/mol. The molecule has 4 nitrogen and oxygen atoms in total. The van der Waals surface area contributed by atoms with Gasteiger partial charge in [-0.15, -0.1) is 0 Å². The Morgan fingerprint density at radius 2 is 2.14 bits per heavy atom. The van der Waals surface area contributed by atoms with Crippen LogP contribution in [0.5, 0.6) is 0 Å². The minimum absolute atomic E-state index is 0.402. The van der Waals surface area contributed by atoms with Gasteiger partial charge >= 0.3 is 12.5 Å². The fourth-order valence-corrected chi connectivity index (χ4v) is 2.36. The summed E-state index contributed by atoms with van der Waals surface area (Å²) in [6.45, 7) is 0.965. The Balaban J connectivity index is 1.99. The van der Waals surface area contributed by atoms with E-state index in [0.29, 0.717) is 22.2 Å². The molecule has 2 heterocycles. The van der Waals surface area contributed by atoms with Crippen LogP contribution >= 0.6 is 0 Å². The van der Waals surface area contributed by atoms with Crippen molar-refractivity contribution in [3.63, 3.8) is 0 Å². The first-order valence-electron chi connectivity index (χ1n) is 6.36. The van der Waals surface area contributed by atoms with Gasteiger partial charge in [-0.3, -0.25) is 0 Å². The Morgan fingerprint density at radius 3 is 2.76 bits per heavy atom. The fourth-order valence-electron chi connectivity index (χ4n) is 2.36. The highest BCUT2D eigenvalue weighted by Gasteiger charge is 2.30. The highest BCUT2D eigenvalue weighted by molar-refractivity contribution is 5.90. The van der Waals surface area contributed by atoms with E-state index >= 15 is 0 Å². The summed E-state index contributed by atoms with van der Waals surface area (Å²) in [5.74, 6) is -0.418. The van der Waals surface area contributed by atoms with Crippen LogP contribution in [0.25, 0.3) is 11.1 Å². The molecule has 0 bridgehead atoms. The van der Waals surface area contributed by atoms with Crippen LogP contribution in [-0.2, 0) is 9.53 Å². The Hall–Kier alpha value is -2.50. The van der Waals surface area contributed by atoms with Crippen LogP contribution in [0.4, 0.5) is 8.78 Å². The molecule has 3 rings (SSSR count). The topological polar surface area (TPSA) is 44.1 Å². The number of hydrogen-bond donors (Lipinski definition) is 0. The Bertz CT molecular complexity index is 693. The number of carbonyl (C=O) groups is 1. The van der Waals surface area contributed by atoms with Gasteiger partial charge in [0, 0.05) is 29.3 Å². The summed E-state index contributed by atoms with van der Waals surface area (Å²) in [6.07, 6.45) is 2.61. The lowest BCUT2D eigenvalue weighted by molar-refractivity contribution is -0.139. The van der Waals surface area contributed by atoms with Gasteiger partial charge in [0.1, 0.15) is 6.10 Å².